The van der Waals surface area contributed by atoms with E-state index in [-0.39, 0.29) is 12.7 Å². The molecule has 1 rings (SSSR count). The van der Waals surface area contributed by atoms with Gasteiger partial charge in [-0.15, -0.1) is 0 Å². The Morgan fingerprint density at radius 3 is 2.61 bits per heavy atom. The lowest BCUT2D eigenvalue weighted by Crippen LogP contribution is -2.08. The molecule has 0 spiro atoms. The number of aliphatic hydroxyl groups excluding tert-OH is 2. The molecule has 1 aromatic rings. The summed E-state index contributed by atoms with van der Waals surface area (Å²) >= 11 is 0. The maximum absolute atomic E-state index is 9.22. The zero-order chi connectivity index (χ0) is 13.4. The number of hydrogen-bond acceptors (Lipinski definition) is 4. The molecule has 0 radical (unpaired) electrons. The van der Waals surface area contributed by atoms with Crippen LogP contribution in [0.5, 0.6) is 11.5 Å². The van der Waals surface area contributed by atoms with E-state index in [0.717, 1.165) is 17.7 Å². The molecule has 0 fully saturated rings. The molecule has 0 aromatic heterocycles. The molecule has 1 unspecified atom stereocenters. The topological polar surface area (TPSA) is 58.9 Å². The highest BCUT2D eigenvalue weighted by Gasteiger charge is 2.06. The van der Waals surface area contributed by atoms with Crippen molar-refractivity contribution in [1.29, 1.82) is 0 Å². The number of hydrogen-bond donors (Lipinski definition) is 2. The third-order valence-corrected chi connectivity index (χ3v) is 2.48. The molecule has 2 N–H and O–H groups in total. The molecular formula is C14H22O4. The van der Waals surface area contributed by atoms with Gasteiger partial charge >= 0.3 is 0 Å². The van der Waals surface area contributed by atoms with E-state index in [1.807, 2.05) is 13.0 Å². The van der Waals surface area contributed by atoms with E-state index >= 15 is 0 Å². The minimum atomic E-state index is -0.387. The van der Waals surface area contributed by atoms with Gasteiger partial charge in [-0.3, -0.25) is 0 Å². The fraction of sp³-hybridized carbons (Fsp3) is 0.571. The molecule has 0 bridgehead atoms. The molecule has 0 amide bonds. The summed E-state index contributed by atoms with van der Waals surface area (Å²) in [5, 5.41) is 18.4. The average Bonchev–Trinajstić information content (AvgIpc) is 2.36. The Morgan fingerprint density at radius 2 is 2.00 bits per heavy atom. The van der Waals surface area contributed by atoms with E-state index in [1.54, 1.807) is 19.1 Å². The summed E-state index contributed by atoms with van der Waals surface area (Å²) < 4.78 is 11.1. The molecule has 0 aliphatic carbocycles. The predicted octanol–water partition coefficient (Wildman–Crippen LogP) is 2.12. The molecule has 0 heterocycles. The molecule has 1 aromatic carbocycles. The van der Waals surface area contributed by atoms with Gasteiger partial charge in [0, 0.05) is 18.1 Å². The van der Waals surface area contributed by atoms with Crippen LogP contribution in [-0.2, 0) is 6.61 Å². The highest BCUT2D eigenvalue weighted by atomic mass is 16.5. The van der Waals surface area contributed by atoms with Crippen LogP contribution < -0.4 is 9.47 Å². The van der Waals surface area contributed by atoms with Crippen LogP contribution in [0.4, 0.5) is 0 Å². The van der Waals surface area contributed by atoms with Crippen LogP contribution >= 0.6 is 0 Å². The largest absolute Gasteiger partial charge is 0.493 e. The number of aliphatic hydroxyl groups is 2. The monoisotopic (exact) mass is 254 g/mol. The summed E-state index contributed by atoms with van der Waals surface area (Å²) in [6.07, 6.45) is 1.12. The predicted molar refractivity (Wildman–Crippen MR) is 69.9 cm³/mol. The molecule has 0 saturated heterocycles. The highest BCUT2D eigenvalue weighted by Crippen LogP contribution is 2.25. The van der Waals surface area contributed by atoms with Crippen molar-refractivity contribution in [2.24, 2.45) is 0 Å². The van der Waals surface area contributed by atoms with E-state index in [4.69, 9.17) is 9.47 Å². The summed E-state index contributed by atoms with van der Waals surface area (Å²) in [4.78, 5) is 0. The van der Waals surface area contributed by atoms with Gasteiger partial charge < -0.3 is 19.7 Å². The Bertz CT molecular complexity index is 350. The average molecular weight is 254 g/mol. The van der Waals surface area contributed by atoms with Crippen LogP contribution in [-0.4, -0.2) is 29.5 Å². The van der Waals surface area contributed by atoms with Gasteiger partial charge in [0.15, 0.2) is 0 Å². The van der Waals surface area contributed by atoms with E-state index in [1.165, 1.54) is 0 Å². The Balaban J connectivity index is 2.66. The van der Waals surface area contributed by atoms with Gasteiger partial charge in [0.05, 0.1) is 25.9 Å². The second kappa shape index (κ2) is 7.95. The van der Waals surface area contributed by atoms with Crippen LogP contribution in [0.15, 0.2) is 18.2 Å². The summed E-state index contributed by atoms with van der Waals surface area (Å²) in [7, 11) is 0. The SMILES string of the molecule is CCCOc1ccc(CO)c(OCCC(C)O)c1. The van der Waals surface area contributed by atoms with Crippen molar-refractivity contribution in [3.8, 4) is 11.5 Å². The smallest absolute Gasteiger partial charge is 0.128 e. The van der Waals surface area contributed by atoms with Gasteiger partial charge in [0.2, 0.25) is 0 Å². The van der Waals surface area contributed by atoms with Gasteiger partial charge in [0.1, 0.15) is 11.5 Å². The van der Waals surface area contributed by atoms with Gasteiger partial charge in [-0.1, -0.05) is 6.92 Å². The Hall–Kier alpha value is -1.26. The van der Waals surface area contributed by atoms with Gasteiger partial charge in [-0.05, 0) is 25.5 Å². The molecule has 102 valence electrons. The summed E-state index contributed by atoms with van der Waals surface area (Å²) in [6.45, 7) is 4.77. The van der Waals surface area contributed by atoms with E-state index in [9.17, 15) is 10.2 Å². The first kappa shape index (κ1) is 14.8. The van der Waals surface area contributed by atoms with E-state index in [2.05, 4.69) is 0 Å². The Morgan fingerprint density at radius 1 is 1.22 bits per heavy atom. The van der Waals surface area contributed by atoms with Crippen molar-refractivity contribution >= 4 is 0 Å². The second-order valence-corrected chi connectivity index (χ2v) is 4.26. The first-order valence-corrected chi connectivity index (χ1v) is 6.34. The molecule has 0 saturated carbocycles. The van der Waals surface area contributed by atoms with Crippen LogP contribution in [0.25, 0.3) is 0 Å². The lowest BCUT2D eigenvalue weighted by Gasteiger charge is -2.13. The fourth-order valence-electron chi connectivity index (χ4n) is 1.45. The van der Waals surface area contributed by atoms with Crippen LogP contribution in [0, 0.1) is 0 Å². The van der Waals surface area contributed by atoms with Crippen molar-refractivity contribution in [1.82, 2.24) is 0 Å². The quantitative estimate of drug-likeness (QED) is 0.746. The van der Waals surface area contributed by atoms with Crippen LogP contribution in [0.2, 0.25) is 0 Å². The third-order valence-electron chi connectivity index (χ3n) is 2.48. The van der Waals surface area contributed by atoms with Crippen molar-refractivity contribution in [3.05, 3.63) is 23.8 Å². The standard InChI is InChI=1S/C14H22O4/c1-3-7-17-13-5-4-12(10-15)14(9-13)18-8-6-11(2)16/h4-5,9,11,15-16H,3,6-8,10H2,1-2H3. The lowest BCUT2D eigenvalue weighted by atomic mass is 10.2. The van der Waals surface area contributed by atoms with Gasteiger partial charge in [0.25, 0.3) is 0 Å². The number of ether oxygens (including phenoxy) is 2. The maximum Gasteiger partial charge on any atom is 0.128 e. The minimum Gasteiger partial charge on any atom is -0.493 e. The lowest BCUT2D eigenvalue weighted by molar-refractivity contribution is 0.154. The van der Waals surface area contributed by atoms with Crippen molar-refractivity contribution in [2.75, 3.05) is 13.2 Å². The zero-order valence-electron chi connectivity index (χ0n) is 11.1. The second-order valence-electron chi connectivity index (χ2n) is 4.26. The maximum atomic E-state index is 9.22. The van der Waals surface area contributed by atoms with Crippen molar-refractivity contribution in [2.45, 2.75) is 39.4 Å². The summed E-state index contributed by atoms with van der Waals surface area (Å²) in [6, 6.07) is 5.40. The molecular weight excluding hydrogens is 232 g/mol. The Kier molecular flexibility index (Phi) is 6.54. The van der Waals surface area contributed by atoms with Crippen molar-refractivity contribution in [3.63, 3.8) is 0 Å². The molecule has 4 nitrogen and oxygen atoms in total. The zero-order valence-corrected chi connectivity index (χ0v) is 11.1. The molecule has 4 heteroatoms. The number of rotatable bonds is 8. The molecule has 18 heavy (non-hydrogen) atoms. The van der Waals surface area contributed by atoms with Crippen molar-refractivity contribution < 1.29 is 19.7 Å². The van der Waals surface area contributed by atoms with Crippen LogP contribution in [0.3, 0.4) is 0 Å². The fourth-order valence-corrected chi connectivity index (χ4v) is 1.45. The number of benzene rings is 1. The highest BCUT2D eigenvalue weighted by molar-refractivity contribution is 5.40. The van der Waals surface area contributed by atoms with Gasteiger partial charge in [-0.2, -0.15) is 0 Å². The van der Waals surface area contributed by atoms with Gasteiger partial charge in [-0.25, -0.2) is 0 Å². The summed E-state index contributed by atoms with van der Waals surface area (Å²) in [5.74, 6) is 1.35. The minimum absolute atomic E-state index is 0.0714. The third kappa shape index (κ3) is 4.94. The molecule has 1 atom stereocenters. The first-order chi connectivity index (χ1) is 8.67. The van der Waals surface area contributed by atoms with Crippen LogP contribution in [0.1, 0.15) is 32.3 Å². The molecule has 0 aliphatic heterocycles. The first-order valence-electron chi connectivity index (χ1n) is 6.34. The van der Waals surface area contributed by atoms with E-state index in [0.29, 0.717) is 25.4 Å². The Labute approximate surface area is 108 Å². The summed E-state index contributed by atoms with van der Waals surface area (Å²) in [5.41, 5.74) is 0.726. The normalized spacial score (nSPS) is 12.2. The van der Waals surface area contributed by atoms with E-state index < -0.39 is 0 Å². The molecule has 0 aliphatic rings.